The molecule has 1 N–H and O–H groups in total. The molecule has 2 aromatic carbocycles. The number of carboxylic acid groups (broad SMARTS) is 1. The van der Waals surface area contributed by atoms with Crippen LogP contribution in [0.5, 0.6) is 5.75 Å². The maximum absolute atomic E-state index is 13.6. The van der Waals surface area contributed by atoms with E-state index in [2.05, 4.69) is 21.0 Å². The number of benzene rings is 2. The van der Waals surface area contributed by atoms with Crippen LogP contribution in [0.25, 0.3) is 11.1 Å². The number of likely N-dealkylation sites (tertiary alicyclic amines) is 2. The number of hydrogen-bond donors (Lipinski definition) is 1. The van der Waals surface area contributed by atoms with Crippen molar-refractivity contribution in [3.05, 3.63) is 52.3 Å². The van der Waals surface area contributed by atoms with E-state index < -0.39 is 11.4 Å². The number of halogens is 2. The first-order chi connectivity index (χ1) is 18.7. The summed E-state index contributed by atoms with van der Waals surface area (Å²) in [6.45, 7) is 7.85. The summed E-state index contributed by atoms with van der Waals surface area (Å²) in [5.74, 6) is 1.10. The normalized spacial score (nSPS) is 21.8. The van der Waals surface area contributed by atoms with Crippen molar-refractivity contribution in [3.63, 3.8) is 0 Å². The van der Waals surface area contributed by atoms with Crippen LogP contribution >= 0.6 is 11.6 Å². The molecule has 208 valence electrons. The summed E-state index contributed by atoms with van der Waals surface area (Å²) in [5, 5.41) is 14.5. The monoisotopic (exact) mass is 555 g/mol. The molecule has 2 aromatic rings. The summed E-state index contributed by atoms with van der Waals surface area (Å²) in [7, 11) is 0. The van der Waals surface area contributed by atoms with Gasteiger partial charge in [-0.05, 0) is 74.8 Å². The van der Waals surface area contributed by atoms with E-state index in [4.69, 9.17) is 21.2 Å². The average Bonchev–Trinajstić information content (AvgIpc) is 3.65. The number of carboxylic acids is 1. The van der Waals surface area contributed by atoms with Gasteiger partial charge in [0.2, 0.25) is 0 Å². The minimum atomic E-state index is -0.722. The molecule has 0 unspecified atom stereocenters. The van der Waals surface area contributed by atoms with Gasteiger partial charge in [-0.25, -0.2) is 4.39 Å². The third kappa shape index (κ3) is 4.97. The Balaban J connectivity index is 1.15. The smallest absolute Gasteiger partial charge is 0.309 e. The van der Waals surface area contributed by atoms with E-state index >= 15 is 0 Å². The maximum atomic E-state index is 13.6. The van der Waals surface area contributed by atoms with Gasteiger partial charge in [0.05, 0.1) is 23.5 Å². The van der Waals surface area contributed by atoms with Crippen molar-refractivity contribution in [2.24, 2.45) is 10.6 Å². The second-order valence-corrected chi connectivity index (χ2v) is 12.2. The third-order valence-corrected chi connectivity index (χ3v) is 9.12. The molecule has 3 aliphatic heterocycles. The van der Waals surface area contributed by atoms with Gasteiger partial charge >= 0.3 is 5.97 Å². The number of nitrogens with zero attached hydrogens (tertiary/aromatic N) is 3. The zero-order chi connectivity index (χ0) is 27.4. The number of hydrogen-bond acceptors (Lipinski definition) is 6. The van der Waals surface area contributed by atoms with Crippen molar-refractivity contribution in [3.8, 4) is 16.9 Å². The number of ether oxygens (including phenoxy) is 1. The van der Waals surface area contributed by atoms with E-state index in [1.54, 1.807) is 12.1 Å². The van der Waals surface area contributed by atoms with Crippen LogP contribution in [0, 0.1) is 11.2 Å². The number of carbonyl (C=O) groups is 1. The Hall–Kier alpha value is -2.84. The summed E-state index contributed by atoms with van der Waals surface area (Å²) in [6, 6.07) is 8.77. The molecule has 3 heterocycles. The molecule has 0 radical (unpaired) electrons. The van der Waals surface area contributed by atoms with E-state index in [-0.39, 0.29) is 11.4 Å². The van der Waals surface area contributed by atoms with Crippen LogP contribution in [0.2, 0.25) is 5.02 Å². The van der Waals surface area contributed by atoms with Crippen molar-refractivity contribution in [1.29, 1.82) is 0 Å². The molecule has 1 spiro atoms. The lowest BCUT2D eigenvalue weighted by molar-refractivity contribution is -0.150. The molecule has 1 aliphatic carbocycles. The first-order valence-electron chi connectivity index (χ1n) is 13.9. The Morgan fingerprint density at radius 1 is 1.23 bits per heavy atom. The molecule has 0 bridgehead atoms. The highest BCUT2D eigenvalue weighted by Gasteiger charge is 2.51. The number of amidine groups is 1. The van der Waals surface area contributed by atoms with Gasteiger partial charge in [0, 0.05) is 43.9 Å². The minimum absolute atomic E-state index is 0.267. The number of oxime groups is 1. The Bertz CT molecular complexity index is 1300. The first kappa shape index (κ1) is 26.4. The highest BCUT2D eigenvalue weighted by Crippen LogP contribution is 2.51. The van der Waals surface area contributed by atoms with Gasteiger partial charge in [-0.2, -0.15) is 0 Å². The van der Waals surface area contributed by atoms with Crippen LogP contribution < -0.4 is 4.74 Å². The Labute approximate surface area is 233 Å². The second kappa shape index (κ2) is 9.97. The standard InChI is InChI=1S/C30H35ClFN3O4/c1-3-38-27-21(14-23(19-4-5-19)25(26(27)31)20-6-8-22(32)9-7-20)16-34-17-30(18-34)15-24(33-39-30)35-12-10-29(2,11-13-35)28(36)37/h6-9,14,19H,3-5,10-13,15-18H2,1-2H3,(H,36,37). The molecule has 6 rings (SSSR count). The van der Waals surface area contributed by atoms with Gasteiger partial charge in [-0.15, -0.1) is 0 Å². The van der Waals surface area contributed by atoms with Crippen LogP contribution in [0.15, 0.2) is 35.5 Å². The molecule has 1 saturated carbocycles. The van der Waals surface area contributed by atoms with Crippen molar-refractivity contribution in [2.75, 3.05) is 32.8 Å². The van der Waals surface area contributed by atoms with Crippen LogP contribution in [0.1, 0.15) is 63.0 Å². The molecule has 3 fully saturated rings. The second-order valence-electron chi connectivity index (χ2n) is 11.8. The fourth-order valence-corrected chi connectivity index (χ4v) is 6.58. The van der Waals surface area contributed by atoms with Gasteiger partial charge in [-0.3, -0.25) is 9.69 Å². The largest absolute Gasteiger partial charge is 0.492 e. The zero-order valence-electron chi connectivity index (χ0n) is 22.5. The number of rotatable bonds is 7. The van der Waals surface area contributed by atoms with E-state index in [1.165, 1.54) is 17.7 Å². The Kier molecular flexibility index (Phi) is 6.74. The van der Waals surface area contributed by atoms with Gasteiger partial charge < -0.3 is 19.6 Å². The quantitative estimate of drug-likeness (QED) is 0.459. The Morgan fingerprint density at radius 3 is 2.54 bits per heavy atom. The van der Waals surface area contributed by atoms with E-state index in [9.17, 15) is 14.3 Å². The predicted molar refractivity (Wildman–Crippen MR) is 148 cm³/mol. The minimum Gasteiger partial charge on any atom is -0.492 e. The topological polar surface area (TPSA) is 74.6 Å². The number of piperidine rings is 1. The number of aliphatic carboxylic acids is 1. The highest BCUT2D eigenvalue weighted by molar-refractivity contribution is 6.35. The lowest BCUT2D eigenvalue weighted by Gasteiger charge is -2.46. The zero-order valence-corrected chi connectivity index (χ0v) is 23.3. The molecular weight excluding hydrogens is 521 g/mol. The molecule has 4 aliphatic rings. The van der Waals surface area contributed by atoms with Crippen LogP contribution in [0.4, 0.5) is 4.39 Å². The SMILES string of the molecule is CCOc1c(CN2CC3(CC(N4CCC(C)(C(=O)O)CC4)=NO3)C2)cc(C2CC2)c(-c2ccc(F)cc2)c1Cl. The van der Waals surface area contributed by atoms with Crippen LogP contribution in [0.3, 0.4) is 0 Å². The fourth-order valence-electron chi connectivity index (χ4n) is 6.19. The highest BCUT2D eigenvalue weighted by atomic mass is 35.5. The lowest BCUT2D eigenvalue weighted by atomic mass is 9.80. The van der Waals surface area contributed by atoms with Gasteiger partial charge in [0.15, 0.2) is 5.60 Å². The summed E-state index contributed by atoms with van der Waals surface area (Å²) < 4.78 is 19.7. The van der Waals surface area contributed by atoms with Crippen LogP contribution in [-0.4, -0.2) is 65.1 Å². The molecular formula is C30H35ClFN3O4. The van der Waals surface area contributed by atoms with E-state index in [1.807, 2.05) is 13.8 Å². The van der Waals surface area contributed by atoms with Crippen molar-refractivity contribution < 1.29 is 23.9 Å². The van der Waals surface area contributed by atoms with E-state index in [0.29, 0.717) is 55.8 Å². The van der Waals surface area contributed by atoms with Crippen molar-refractivity contribution >= 4 is 23.4 Å². The molecule has 7 nitrogen and oxygen atoms in total. The lowest BCUT2D eigenvalue weighted by Crippen LogP contribution is -2.61. The van der Waals surface area contributed by atoms with Crippen LogP contribution in [-0.2, 0) is 16.2 Å². The van der Waals surface area contributed by atoms with Crippen molar-refractivity contribution in [2.45, 2.75) is 64.0 Å². The van der Waals surface area contributed by atoms with Crippen molar-refractivity contribution in [1.82, 2.24) is 9.80 Å². The molecule has 0 aromatic heterocycles. The fraction of sp³-hybridized carbons (Fsp3) is 0.533. The van der Waals surface area contributed by atoms with Gasteiger partial charge in [-0.1, -0.05) is 28.9 Å². The summed E-state index contributed by atoms with van der Waals surface area (Å²) in [4.78, 5) is 22.1. The summed E-state index contributed by atoms with van der Waals surface area (Å²) >= 11 is 7.03. The Morgan fingerprint density at radius 2 is 1.92 bits per heavy atom. The predicted octanol–water partition coefficient (Wildman–Crippen LogP) is 5.90. The van der Waals surface area contributed by atoms with Gasteiger partial charge in [0.25, 0.3) is 0 Å². The molecule has 0 amide bonds. The first-order valence-corrected chi connectivity index (χ1v) is 14.3. The molecule has 39 heavy (non-hydrogen) atoms. The third-order valence-electron chi connectivity index (χ3n) is 8.76. The van der Waals surface area contributed by atoms with E-state index in [0.717, 1.165) is 54.9 Å². The van der Waals surface area contributed by atoms with Gasteiger partial charge in [0.1, 0.15) is 17.4 Å². The average molecular weight is 556 g/mol. The molecule has 0 atom stereocenters. The molecule has 2 saturated heterocycles. The molecule has 9 heteroatoms. The summed E-state index contributed by atoms with van der Waals surface area (Å²) in [6.07, 6.45) is 4.21. The maximum Gasteiger partial charge on any atom is 0.309 e. The summed E-state index contributed by atoms with van der Waals surface area (Å²) in [5.41, 5.74) is 3.14.